The van der Waals surface area contributed by atoms with E-state index in [-0.39, 0.29) is 5.91 Å². The predicted molar refractivity (Wildman–Crippen MR) is 67.2 cm³/mol. The molecular weight excluding hydrogens is 242 g/mol. The van der Waals surface area contributed by atoms with Crippen molar-refractivity contribution in [2.75, 3.05) is 26.6 Å². The summed E-state index contributed by atoms with van der Waals surface area (Å²) in [6, 6.07) is 5.21. The lowest BCUT2D eigenvalue weighted by Gasteiger charge is -2.12. The molecule has 0 aliphatic carbocycles. The summed E-state index contributed by atoms with van der Waals surface area (Å²) in [5, 5.41) is 2.77. The van der Waals surface area contributed by atoms with Crippen molar-refractivity contribution in [3.8, 4) is 11.5 Å². The van der Waals surface area contributed by atoms with Crippen molar-refractivity contribution in [1.29, 1.82) is 0 Å². The first-order chi connectivity index (χ1) is 8.24. The van der Waals surface area contributed by atoms with Gasteiger partial charge in [-0.05, 0) is 18.6 Å². The average Bonchev–Trinajstić information content (AvgIpc) is 2.37. The summed E-state index contributed by atoms with van der Waals surface area (Å²) in [5.74, 6) is 1.29. The molecule has 1 aromatic rings. The van der Waals surface area contributed by atoms with Gasteiger partial charge < -0.3 is 14.8 Å². The van der Waals surface area contributed by atoms with Crippen LogP contribution in [-0.4, -0.2) is 32.6 Å². The molecular formula is C12H16ClNO3. The number of nitrogens with one attached hydrogen (secondary N) is 1. The lowest BCUT2D eigenvalue weighted by Crippen LogP contribution is -2.25. The summed E-state index contributed by atoms with van der Waals surface area (Å²) in [7, 11) is 3.04. The molecule has 0 radical (unpaired) electrons. The molecule has 0 heterocycles. The van der Waals surface area contributed by atoms with Gasteiger partial charge in [-0.3, -0.25) is 4.79 Å². The Balaban J connectivity index is 2.89. The first-order valence-corrected chi connectivity index (χ1v) is 5.83. The Kier molecular flexibility index (Phi) is 5.63. The van der Waals surface area contributed by atoms with Crippen molar-refractivity contribution < 1.29 is 14.3 Å². The highest BCUT2D eigenvalue weighted by molar-refractivity contribution is 6.17. The maximum absolute atomic E-state index is 12.0. The number of hydrogen-bond acceptors (Lipinski definition) is 3. The molecule has 4 nitrogen and oxygen atoms in total. The van der Waals surface area contributed by atoms with Crippen LogP contribution in [0.5, 0.6) is 11.5 Å². The molecule has 0 saturated heterocycles. The molecule has 0 bridgehead atoms. The van der Waals surface area contributed by atoms with Gasteiger partial charge in [0, 0.05) is 12.4 Å². The quantitative estimate of drug-likeness (QED) is 0.627. The Labute approximate surface area is 106 Å². The van der Waals surface area contributed by atoms with Crippen LogP contribution >= 0.6 is 11.6 Å². The Hall–Kier alpha value is -1.42. The van der Waals surface area contributed by atoms with E-state index >= 15 is 0 Å². The predicted octanol–water partition coefficient (Wildman–Crippen LogP) is 2.06. The number of amides is 1. The monoisotopic (exact) mass is 257 g/mol. The zero-order valence-corrected chi connectivity index (χ0v) is 10.7. The van der Waals surface area contributed by atoms with Gasteiger partial charge in [0.1, 0.15) is 17.1 Å². The Morgan fingerprint density at radius 1 is 1.29 bits per heavy atom. The smallest absolute Gasteiger partial charge is 0.258 e. The van der Waals surface area contributed by atoms with Crippen LogP contribution in [-0.2, 0) is 0 Å². The Bertz CT molecular complexity index is 360. The number of ether oxygens (including phenoxy) is 2. The van der Waals surface area contributed by atoms with Gasteiger partial charge in [-0.25, -0.2) is 0 Å². The molecule has 94 valence electrons. The molecule has 0 fully saturated rings. The SMILES string of the molecule is COc1cccc(OC)c1C(=O)NCCCCl. The summed E-state index contributed by atoms with van der Waals surface area (Å²) >= 11 is 5.55. The lowest BCUT2D eigenvalue weighted by molar-refractivity contribution is 0.0947. The number of carbonyl (C=O) groups excluding carboxylic acids is 1. The first-order valence-electron chi connectivity index (χ1n) is 5.29. The topological polar surface area (TPSA) is 47.6 Å². The first kappa shape index (κ1) is 13.6. The number of hydrogen-bond donors (Lipinski definition) is 1. The summed E-state index contributed by atoms with van der Waals surface area (Å²) < 4.78 is 10.3. The zero-order chi connectivity index (χ0) is 12.7. The fourth-order valence-electron chi connectivity index (χ4n) is 1.43. The summed E-state index contributed by atoms with van der Waals surface area (Å²) in [4.78, 5) is 12.0. The third-order valence-electron chi connectivity index (χ3n) is 2.25. The third-order valence-corrected chi connectivity index (χ3v) is 2.52. The standard InChI is InChI=1S/C12H16ClNO3/c1-16-9-5-3-6-10(17-2)11(9)12(15)14-8-4-7-13/h3,5-6H,4,7-8H2,1-2H3,(H,14,15). The van der Waals surface area contributed by atoms with Gasteiger partial charge in [0.25, 0.3) is 5.91 Å². The maximum Gasteiger partial charge on any atom is 0.258 e. The molecule has 17 heavy (non-hydrogen) atoms. The van der Waals surface area contributed by atoms with E-state index in [0.29, 0.717) is 29.5 Å². The summed E-state index contributed by atoms with van der Waals surface area (Å²) in [6.07, 6.45) is 0.727. The van der Waals surface area contributed by atoms with Gasteiger partial charge in [0.05, 0.1) is 14.2 Å². The maximum atomic E-state index is 12.0. The van der Waals surface area contributed by atoms with Crippen molar-refractivity contribution in [2.45, 2.75) is 6.42 Å². The van der Waals surface area contributed by atoms with E-state index in [4.69, 9.17) is 21.1 Å². The van der Waals surface area contributed by atoms with E-state index in [2.05, 4.69) is 5.32 Å². The van der Waals surface area contributed by atoms with Crippen LogP contribution in [0.2, 0.25) is 0 Å². The van der Waals surface area contributed by atoms with E-state index in [1.807, 2.05) is 0 Å². The minimum atomic E-state index is -0.218. The van der Waals surface area contributed by atoms with Crippen molar-refractivity contribution in [1.82, 2.24) is 5.32 Å². The molecule has 0 aliphatic rings. The van der Waals surface area contributed by atoms with E-state index in [1.165, 1.54) is 14.2 Å². The number of halogens is 1. The number of methoxy groups -OCH3 is 2. The molecule has 0 aliphatic heterocycles. The molecule has 0 atom stereocenters. The minimum Gasteiger partial charge on any atom is -0.496 e. The van der Waals surface area contributed by atoms with E-state index in [9.17, 15) is 4.79 Å². The average molecular weight is 258 g/mol. The van der Waals surface area contributed by atoms with Gasteiger partial charge in [0.2, 0.25) is 0 Å². The van der Waals surface area contributed by atoms with Crippen LogP contribution in [0, 0.1) is 0 Å². The fraction of sp³-hybridized carbons (Fsp3) is 0.417. The zero-order valence-electron chi connectivity index (χ0n) is 9.96. The fourth-order valence-corrected chi connectivity index (χ4v) is 1.57. The molecule has 1 aromatic carbocycles. The molecule has 0 unspecified atom stereocenters. The summed E-state index contributed by atoms with van der Waals surface area (Å²) in [5.41, 5.74) is 0.409. The number of rotatable bonds is 6. The van der Waals surface area contributed by atoms with Gasteiger partial charge in [-0.15, -0.1) is 11.6 Å². The largest absolute Gasteiger partial charge is 0.496 e. The molecule has 0 saturated carbocycles. The van der Waals surface area contributed by atoms with Crippen LogP contribution in [0.1, 0.15) is 16.8 Å². The molecule has 1 rings (SSSR count). The highest BCUT2D eigenvalue weighted by Crippen LogP contribution is 2.27. The highest BCUT2D eigenvalue weighted by Gasteiger charge is 2.17. The van der Waals surface area contributed by atoms with Crippen LogP contribution in [0.4, 0.5) is 0 Å². The third kappa shape index (κ3) is 3.53. The Morgan fingerprint density at radius 2 is 1.88 bits per heavy atom. The van der Waals surface area contributed by atoms with E-state index in [0.717, 1.165) is 6.42 Å². The normalized spacial score (nSPS) is 9.82. The van der Waals surface area contributed by atoms with Gasteiger partial charge in [0.15, 0.2) is 0 Å². The summed E-state index contributed by atoms with van der Waals surface area (Å²) in [6.45, 7) is 0.531. The van der Waals surface area contributed by atoms with Crippen molar-refractivity contribution in [3.63, 3.8) is 0 Å². The van der Waals surface area contributed by atoms with Crippen LogP contribution in [0.25, 0.3) is 0 Å². The Morgan fingerprint density at radius 3 is 2.35 bits per heavy atom. The lowest BCUT2D eigenvalue weighted by atomic mass is 10.1. The number of alkyl halides is 1. The minimum absolute atomic E-state index is 0.218. The second kappa shape index (κ2) is 7.01. The highest BCUT2D eigenvalue weighted by atomic mass is 35.5. The second-order valence-corrected chi connectivity index (χ2v) is 3.71. The van der Waals surface area contributed by atoms with Crippen molar-refractivity contribution in [3.05, 3.63) is 23.8 Å². The van der Waals surface area contributed by atoms with E-state index in [1.54, 1.807) is 18.2 Å². The molecule has 1 amide bonds. The van der Waals surface area contributed by atoms with Crippen molar-refractivity contribution in [2.24, 2.45) is 0 Å². The van der Waals surface area contributed by atoms with Gasteiger partial charge >= 0.3 is 0 Å². The van der Waals surface area contributed by atoms with E-state index < -0.39 is 0 Å². The van der Waals surface area contributed by atoms with Crippen LogP contribution in [0.3, 0.4) is 0 Å². The number of benzene rings is 1. The second-order valence-electron chi connectivity index (χ2n) is 3.34. The molecule has 1 N–H and O–H groups in total. The van der Waals surface area contributed by atoms with Crippen LogP contribution in [0.15, 0.2) is 18.2 Å². The molecule has 0 spiro atoms. The van der Waals surface area contributed by atoms with Crippen LogP contribution < -0.4 is 14.8 Å². The van der Waals surface area contributed by atoms with Gasteiger partial charge in [-0.2, -0.15) is 0 Å². The van der Waals surface area contributed by atoms with Gasteiger partial charge in [-0.1, -0.05) is 6.07 Å². The molecule has 0 aromatic heterocycles. The molecule has 5 heteroatoms. The van der Waals surface area contributed by atoms with Crippen molar-refractivity contribution >= 4 is 17.5 Å². The number of carbonyl (C=O) groups is 1.